The van der Waals surface area contributed by atoms with Crippen LogP contribution in [0.25, 0.3) is 0 Å². The van der Waals surface area contributed by atoms with Gasteiger partial charge in [0, 0.05) is 10.0 Å². The third kappa shape index (κ3) is 2.47. The zero-order chi connectivity index (χ0) is 10.8. The second-order valence-electron chi connectivity index (χ2n) is 3.88. The van der Waals surface area contributed by atoms with Crippen molar-refractivity contribution < 1.29 is 9.53 Å². The third-order valence-corrected chi connectivity index (χ3v) is 3.18. The maximum atomic E-state index is 12.0. The molecule has 1 aromatic rings. The SMILES string of the molecule is CC1CCC(C(=O)c2ccc(Br)cc2)O1. The Morgan fingerprint density at radius 3 is 2.53 bits per heavy atom. The standard InChI is InChI=1S/C12H13BrO2/c1-8-2-7-11(15-8)12(14)9-3-5-10(13)6-4-9/h3-6,8,11H,2,7H2,1H3. The Morgan fingerprint density at radius 2 is 2.00 bits per heavy atom. The zero-order valence-electron chi connectivity index (χ0n) is 8.57. The highest BCUT2D eigenvalue weighted by Crippen LogP contribution is 2.23. The van der Waals surface area contributed by atoms with E-state index in [9.17, 15) is 4.79 Å². The highest BCUT2D eigenvalue weighted by atomic mass is 79.9. The van der Waals surface area contributed by atoms with Gasteiger partial charge in [-0.3, -0.25) is 4.79 Å². The van der Waals surface area contributed by atoms with Crippen molar-refractivity contribution in [3.05, 3.63) is 34.3 Å². The Balaban J connectivity index is 2.11. The number of Topliss-reactive ketones (excluding diaryl/α,β-unsaturated/α-hetero) is 1. The summed E-state index contributed by atoms with van der Waals surface area (Å²) < 4.78 is 6.53. The minimum Gasteiger partial charge on any atom is -0.367 e. The van der Waals surface area contributed by atoms with Crippen LogP contribution in [0.4, 0.5) is 0 Å². The van der Waals surface area contributed by atoms with Crippen LogP contribution in [0.3, 0.4) is 0 Å². The van der Waals surface area contributed by atoms with E-state index in [0.29, 0.717) is 0 Å². The van der Waals surface area contributed by atoms with Crippen molar-refractivity contribution in [2.75, 3.05) is 0 Å². The van der Waals surface area contributed by atoms with Gasteiger partial charge in [0.1, 0.15) is 6.10 Å². The zero-order valence-corrected chi connectivity index (χ0v) is 10.2. The molecule has 0 aliphatic carbocycles. The molecule has 2 atom stereocenters. The summed E-state index contributed by atoms with van der Waals surface area (Å²) in [6.45, 7) is 2.01. The Hall–Kier alpha value is -0.670. The lowest BCUT2D eigenvalue weighted by Gasteiger charge is -2.09. The minimum absolute atomic E-state index is 0.104. The molecule has 2 rings (SSSR count). The number of benzene rings is 1. The van der Waals surface area contributed by atoms with Gasteiger partial charge in [-0.05, 0) is 31.9 Å². The molecule has 2 nitrogen and oxygen atoms in total. The van der Waals surface area contributed by atoms with E-state index in [1.54, 1.807) is 0 Å². The van der Waals surface area contributed by atoms with Gasteiger partial charge in [-0.2, -0.15) is 0 Å². The molecule has 1 saturated heterocycles. The van der Waals surface area contributed by atoms with Crippen LogP contribution in [0.15, 0.2) is 28.7 Å². The first kappa shape index (κ1) is 10.8. The molecule has 3 heteroatoms. The molecular formula is C12H13BrO2. The predicted octanol–water partition coefficient (Wildman–Crippen LogP) is 3.20. The normalized spacial score (nSPS) is 25.5. The van der Waals surface area contributed by atoms with E-state index >= 15 is 0 Å². The molecule has 0 spiro atoms. The quantitative estimate of drug-likeness (QED) is 0.771. The highest BCUT2D eigenvalue weighted by molar-refractivity contribution is 9.10. The molecule has 1 aliphatic rings. The van der Waals surface area contributed by atoms with Crippen molar-refractivity contribution in [2.24, 2.45) is 0 Å². The van der Waals surface area contributed by atoms with Crippen molar-refractivity contribution in [3.63, 3.8) is 0 Å². The highest BCUT2D eigenvalue weighted by Gasteiger charge is 2.28. The van der Waals surface area contributed by atoms with E-state index in [1.807, 2.05) is 31.2 Å². The fraction of sp³-hybridized carbons (Fsp3) is 0.417. The smallest absolute Gasteiger partial charge is 0.191 e. The first-order valence-electron chi connectivity index (χ1n) is 5.12. The van der Waals surface area contributed by atoms with E-state index in [-0.39, 0.29) is 18.0 Å². The summed E-state index contributed by atoms with van der Waals surface area (Å²) in [4.78, 5) is 12.0. The van der Waals surface area contributed by atoms with Gasteiger partial charge in [-0.1, -0.05) is 28.1 Å². The fourth-order valence-corrected chi connectivity index (χ4v) is 2.06. The largest absolute Gasteiger partial charge is 0.367 e. The Kier molecular flexibility index (Phi) is 3.22. The lowest BCUT2D eigenvalue weighted by Crippen LogP contribution is -2.20. The molecule has 0 radical (unpaired) electrons. The lowest BCUT2D eigenvalue weighted by atomic mass is 10.0. The van der Waals surface area contributed by atoms with E-state index in [2.05, 4.69) is 15.9 Å². The topological polar surface area (TPSA) is 26.3 Å². The van der Waals surface area contributed by atoms with Crippen LogP contribution in [0.2, 0.25) is 0 Å². The van der Waals surface area contributed by atoms with Crippen molar-refractivity contribution >= 4 is 21.7 Å². The monoisotopic (exact) mass is 268 g/mol. The second kappa shape index (κ2) is 4.45. The van der Waals surface area contributed by atoms with Gasteiger partial charge in [0.2, 0.25) is 0 Å². The van der Waals surface area contributed by atoms with Gasteiger partial charge < -0.3 is 4.74 Å². The van der Waals surface area contributed by atoms with Crippen LogP contribution in [0.5, 0.6) is 0 Å². The van der Waals surface area contributed by atoms with Gasteiger partial charge in [-0.25, -0.2) is 0 Å². The Bertz CT molecular complexity index is 358. The number of rotatable bonds is 2. The molecule has 1 fully saturated rings. The number of hydrogen-bond donors (Lipinski definition) is 0. The molecule has 0 saturated carbocycles. The van der Waals surface area contributed by atoms with Crippen LogP contribution in [-0.2, 0) is 4.74 Å². The van der Waals surface area contributed by atoms with Crippen molar-refractivity contribution in [2.45, 2.75) is 32.0 Å². The molecule has 1 heterocycles. The molecule has 0 bridgehead atoms. The summed E-state index contributed by atoms with van der Waals surface area (Å²) in [5.41, 5.74) is 0.734. The van der Waals surface area contributed by atoms with Crippen LogP contribution >= 0.6 is 15.9 Å². The van der Waals surface area contributed by atoms with E-state index in [1.165, 1.54) is 0 Å². The van der Waals surface area contributed by atoms with E-state index < -0.39 is 0 Å². The molecule has 15 heavy (non-hydrogen) atoms. The molecule has 1 aromatic carbocycles. The average molecular weight is 269 g/mol. The Labute approximate surface area is 97.8 Å². The van der Waals surface area contributed by atoms with Gasteiger partial charge >= 0.3 is 0 Å². The number of carbonyl (C=O) groups excluding carboxylic acids is 1. The first-order chi connectivity index (χ1) is 7.16. The summed E-state index contributed by atoms with van der Waals surface area (Å²) in [6, 6.07) is 7.43. The number of ketones is 1. The maximum Gasteiger partial charge on any atom is 0.191 e. The maximum absolute atomic E-state index is 12.0. The number of carbonyl (C=O) groups is 1. The van der Waals surface area contributed by atoms with Gasteiger partial charge in [-0.15, -0.1) is 0 Å². The lowest BCUT2D eigenvalue weighted by molar-refractivity contribution is 0.0433. The fourth-order valence-electron chi connectivity index (χ4n) is 1.80. The molecular weight excluding hydrogens is 256 g/mol. The van der Waals surface area contributed by atoms with E-state index in [4.69, 9.17) is 4.74 Å². The summed E-state index contributed by atoms with van der Waals surface area (Å²) >= 11 is 3.35. The number of halogens is 1. The van der Waals surface area contributed by atoms with Gasteiger partial charge in [0.05, 0.1) is 6.10 Å². The van der Waals surface area contributed by atoms with E-state index in [0.717, 1.165) is 22.9 Å². The van der Waals surface area contributed by atoms with Gasteiger partial charge in [0.15, 0.2) is 5.78 Å². The molecule has 80 valence electrons. The second-order valence-corrected chi connectivity index (χ2v) is 4.80. The molecule has 0 N–H and O–H groups in total. The molecule has 1 aliphatic heterocycles. The number of ether oxygens (including phenoxy) is 1. The summed E-state index contributed by atoms with van der Waals surface area (Å²) in [6.07, 6.45) is 1.80. The van der Waals surface area contributed by atoms with Crippen LogP contribution < -0.4 is 0 Å². The summed E-state index contributed by atoms with van der Waals surface area (Å²) in [5, 5.41) is 0. The third-order valence-electron chi connectivity index (χ3n) is 2.65. The van der Waals surface area contributed by atoms with Crippen molar-refractivity contribution in [1.29, 1.82) is 0 Å². The molecule has 2 unspecified atom stereocenters. The van der Waals surface area contributed by atoms with Crippen LogP contribution in [0, 0.1) is 0 Å². The van der Waals surface area contributed by atoms with Crippen LogP contribution in [-0.4, -0.2) is 18.0 Å². The predicted molar refractivity (Wildman–Crippen MR) is 62.0 cm³/mol. The summed E-state index contributed by atoms with van der Waals surface area (Å²) in [5.74, 6) is 0.104. The molecule has 0 aromatic heterocycles. The van der Waals surface area contributed by atoms with Crippen molar-refractivity contribution in [3.8, 4) is 0 Å². The minimum atomic E-state index is -0.235. The van der Waals surface area contributed by atoms with Crippen molar-refractivity contribution in [1.82, 2.24) is 0 Å². The first-order valence-corrected chi connectivity index (χ1v) is 5.91. The van der Waals surface area contributed by atoms with Gasteiger partial charge in [0.25, 0.3) is 0 Å². The van der Waals surface area contributed by atoms with Crippen LogP contribution in [0.1, 0.15) is 30.1 Å². The number of hydrogen-bond acceptors (Lipinski definition) is 2. The Morgan fingerprint density at radius 1 is 1.33 bits per heavy atom. The average Bonchev–Trinajstić information content (AvgIpc) is 2.65. The molecule has 0 amide bonds. The summed E-state index contributed by atoms with van der Waals surface area (Å²) in [7, 11) is 0.